The molecule has 1 amide bonds. The minimum absolute atomic E-state index is 0.0117. The van der Waals surface area contributed by atoms with Crippen molar-refractivity contribution in [1.29, 1.82) is 0 Å². The van der Waals surface area contributed by atoms with Crippen LogP contribution >= 0.6 is 0 Å². The molecule has 2 aliphatic heterocycles. The number of amides is 1. The molecule has 2 N–H and O–H groups in total. The predicted molar refractivity (Wildman–Crippen MR) is 85.4 cm³/mol. The SMILES string of the molecule is CNC1CCN(C2CCc3ccccc3NC2=O)CC1C. The second-order valence-corrected chi connectivity index (χ2v) is 6.36. The van der Waals surface area contributed by atoms with Crippen LogP contribution in [0.15, 0.2) is 24.3 Å². The molecule has 3 rings (SSSR count). The van der Waals surface area contributed by atoms with E-state index in [-0.39, 0.29) is 11.9 Å². The number of benzene rings is 1. The Labute approximate surface area is 126 Å². The number of carbonyl (C=O) groups is 1. The maximum absolute atomic E-state index is 12.6. The molecule has 2 heterocycles. The third kappa shape index (κ3) is 2.97. The van der Waals surface area contributed by atoms with Gasteiger partial charge in [0.15, 0.2) is 0 Å². The molecule has 1 aromatic carbocycles. The summed E-state index contributed by atoms with van der Waals surface area (Å²) in [7, 11) is 2.03. The lowest BCUT2D eigenvalue weighted by atomic mass is 9.92. The highest BCUT2D eigenvalue weighted by Gasteiger charge is 2.34. The summed E-state index contributed by atoms with van der Waals surface area (Å²) >= 11 is 0. The van der Waals surface area contributed by atoms with Crippen molar-refractivity contribution in [1.82, 2.24) is 10.2 Å². The maximum Gasteiger partial charge on any atom is 0.241 e. The Bertz CT molecular complexity index is 517. The normalized spacial score (nSPS) is 30.4. The number of nitrogens with zero attached hydrogens (tertiary/aromatic N) is 1. The van der Waals surface area contributed by atoms with Crippen LogP contribution < -0.4 is 10.6 Å². The van der Waals surface area contributed by atoms with E-state index < -0.39 is 0 Å². The van der Waals surface area contributed by atoms with Gasteiger partial charge in [0.25, 0.3) is 0 Å². The fraction of sp³-hybridized carbons (Fsp3) is 0.588. The summed E-state index contributed by atoms with van der Waals surface area (Å²) in [4.78, 5) is 14.9. The first-order valence-electron chi connectivity index (χ1n) is 7.99. The molecular formula is C17H25N3O. The molecule has 0 saturated carbocycles. The number of anilines is 1. The lowest BCUT2D eigenvalue weighted by Gasteiger charge is -2.40. The molecule has 3 atom stereocenters. The quantitative estimate of drug-likeness (QED) is 0.873. The zero-order chi connectivity index (χ0) is 14.8. The topological polar surface area (TPSA) is 44.4 Å². The van der Waals surface area contributed by atoms with E-state index in [1.54, 1.807) is 0 Å². The molecule has 21 heavy (non-hydrogen) atoms. The lowest BCUT2D eigenvalue weighted by Crippen LogP contribution is -2.53. The molecule has 4 heteroatoms. The highest BCUT2D eigenvalue weighted by atomic mass is 16.2. The van der Waals surface area contributed by atoms with Crippen molar-refractivity contribution in [3.8, 4) is 0 Å². The van der Waals surface area contributed by atoms with Crippen LogP contribution in [0, 0.1) is 5.92 Å². The van der Waals surface area contributed by atoms with Gasteiger partial charge in [0, 0.05) is 24.8 Å². The Morgan fingerprint density at radius 3 is 2.86 bits per heavy atom. The molecule has 1 saturated heterocycles. The molecule has 114 valence electrons. The average Bonchev–Trinajstić information content (AvgIpc) is 2.65. The Kier molecular flexibility index (Phi) is 4.27. The Morgan fingerprint density at radius 2 is 2.10 bits per heavy atom. The summed E-state index contributed by atoms with van der Waals surface area (Å²) in [5, 5.41) is 6.50. The van der Waals surface area contributed by atoms with Crippen LogP contribution in [0.3, 0.4) is 0 Å². The van der Waals surface area contributed by atoms with E-state index in [1.165, 1.54) is 5.56 Å². The van der Waals surface area contributed by atoms with Gasteiger partial charge in [-0.2, -0.15) is 0 Å². The number of nitrogens with one attached hydrogen (secondary N) is 2. The summed E-state index contributed by atoms with van der Waals surface area (Å²) in [5.74, 6) is 0.747. The number of likely N-dealkylation sites (tertiary alicyclic amines) is 1. The fourth-order valence-electron chi connectivity index (χ4n) is 3.74. The molecule has 0 aromatic heterocycles. The van der Waals surface area contributed by atoms with Crippen LogP contribution in [-0.4, -0.2) is 43.0 Å². The van der Waals surface area contributed by atoms with Gasteiger partial charge in [0.2, 0.25) is 5.91 Å². The van der Waals surface area contributed by atoms with Gasteiger partial charge >= 0.3 is 0 Å². The van der Waals surface area contributed by atoms with E-state index in [0.29, 0.717) is 12.0 Å². The van der Waals surface area contributed by atoms with Gasteiger partial charge in [0.1, 0.15) is 0 Å². The molecule has 0 aliphatic carbocycles. The molecule has 2 aliphatic rings. The summed E-state index contributed by atoms with van der Waals surface area (Å²) in [5.41, 5.74) is 2.25. The zero-order valence-corrected chi connectivity index (χ0v) is 12.9. The van der Waals surface area contributed by atoms with Gasteiger partial charge in [-0.05, 0) is 43.9 Å². The van der Waals surface area contributed by atoms with Crippen LogP contribution in [0.25, 0.3) is 0 Å². The van der Waals surface area contributed by atoms with Crippen LogP contribution in [0.1, 0.15) is 25.3 Å². The van der Waals surface area contributed by atoms with Gasteiger partial charge in [-0.15, -0.1) is 0 Å². The summed E-state index contributed by atoms with van der Waals surface area (Å²) in [6.45, 7) is 4.28. The third-order valence-corrected chi connectivity index (χ3v) is 5.01. The average molecular weight is 287 g/mol. The first-order chi connectivity index (χ1) is 10.2. The molecule has 1 aromatic rings. The number of hydrogen-bond acceptors (Lipinski definition) is 3. The van der Waals surface area contributed by atoms with Crippen molar-refractivity contribution >= 4 is 11.6 Å². The van der Waals surface area contributed by atoms with E-state index in [0.717, 1.165) is 38.0 Å². The molecule has 3 unspecified atom stereocenters. The van der Waals surface area contributed by atoms with Gasteiger partial charge < -0.3 is 10.6 Å². The van der Waals surface area contributed by atoms with Crippen LogP contribution in [0.4, 0.5) is 5.69 Å². The summed E-state index contributed by atoms with van der Waals surface area (Å²) < 4.78 is 0. The van der Waals surface area contributed by atoms with Crippen molar-refractivity contribution in [3.63, 3.8) is 0 Å². The monoisotopic (exact) mass is 287 g/mol. The minimum Gasteiger partial charge on any atom is -0.324 e. The van der Waals surface area contributed by atoms with Gasteiger partial charge in [-0.3, -0.25) is 9.69 Å². The highest BCUT2D eigenvalue weighted by molar-refractivity contribution is 5.96. The van der Waals surface area contributed by atoms with Gasteiger partial charge in [-0.25, -0.2) is 0 Å². The minimum atomic E-state index is 0.0117. The molecule has 1 fully saturated rings. The van der Waals surface area contributed by atoms with Crippen molar-refractivity contribution in [2.45, 2.75) is 38.3 Å². The predicted octanol–water partition coefficient (Wildman–Crippen LogP) is 1.87. The number of hydrogen-bond donors (Lipinski definition) is 2. The highest BCUT2D eigenvalue weighted by Crippen LogP contribution is 2.26. The standard InChI is InChI=1S/C17H25N3O/c1-12-11-20(10-9-14(12)18-2)16-8-7-13-5-3-4-6-15(13)19-17(16)21/h3-6,12,14,16,18H,7-11H2,1-2H3,(H,19,21). The van der Waals surface area contributed by atoms with Crippen LogP contribution in [0.2, 0.25) is 0 Å². The van der Waals surface area contributed by atoms with Crippen molar-refractivity contribution in [2.24, 2.45) is 5.92 Å². The Morgan fingerprint density at radius 1 is 1.29 bits per heavy atom. The number of para-hydroxylation sites is 1. The summed E-state index contributed by atoms with van der Waals surface area (Å²) in [6.07, 6.45) is 3.01. The Hall–Kier alpha value is -1.39. The van der Waals surface area contributed by atoms with Crippen molar-refractivity contribution in [3.05, 3.63) is 29.8 Å². The molecular weight excluding hydrogens is 262 g/mol. The van der Waals surface area contributed by atoms with E-state index in [4.69, 9.17) is 0 Å². The smallest absolute Gasteiger partial charge is 0.241 e. The maximum atomic E-state index is 12.6. The van der Waals surface area contributed by atoms with Crippen molar-refractivity contribution in [2.75, 3.05) is 25.5 Å². The van der Waals surface area contributed by atoms with Crippen LogP contribution in [-0.2, 0) is 11.2 Å². The number of piperidine rings is 1. The molecule has 0 spiro atoms. The third-order valence-electron chi connectivity index (χ3n) is 5.01. The molecule has 0 radical (unpaired) electrons. The number of carbonyl (C=O) groups excluding carboxylic acids is 1. The lowest BCUT2D eigenvalue weighted by molar-refractivity contribution is -0.122. The van der Waals surface area contributed by atoms with Gasteiger partial charge in [-0.1, -0.05) is 25.1 Å². The largest absolute Gasteiger partial charge is 0.324 e. The molecule has 4 nitrogen and oxygen atoms in total. The second-order valence-electron chi connectivity index (χ2n) is 6.36. The number of rotatable bonds is 2. The zero-order valence-electron chi connectivity index (χ0n) is 12.9. The first-order valence-corrected chi connectivity index (χ1v) is 7.99. The number of aryl methyl sites for hydroxylation is 1. The van der Waals surface area contributed by atoms with Crippen molar-refractivity contribution < 1.29 is 4.79 Å². The fourth-order valence-corrected chi connectivity index (χ4v) is 3.74. The van der Waals surface area contributed by atoms with E-state index >= 15 is 0 Å². The first kappa shape index (κ1) is 14.5. The molecule has 0 bridgehead atoms. The van der Waals surface area contributed by atoms with E-state index in [9.17, 15) is 4.79 Å². The van der Waals surface area contributed by atoms with Gasteiger partial charge in [0.05, 0.1) is 6.04 Å². The van der Waals surface area contributed by atoms with Crippen LogP contribution in [0.5, 0.6) is 0 Å². The second kappa shape index (κ2) is 6.16. The Balaban J connectivity index is 1.71. The van der Waals surface area contributed by atoms with E-state index in [1.807, 2.05) is 25.2 Å². The van der Waals surface area contributed by atoms with E-state index in [2.05, 4.69) is 28.5 Å². The number of fused-ring (bicyclic) bond motifs is 1. The summed E-state index contributed by atoms with van der Waals surface area (Å²) in [6, 6.07) is 8.75.